The van der Waals surface area contributed by atoms with Gasteiger partial charge in [0, 0.05) is 6.42 Å². The molecule has 2 rings (SSSR count). The molecule has 1 aromatic rings. The number of carbonyl (C=O) groups excluding carboxylic acids is 2. The van der Waals surface area contributed by atoms with Gasteiger partial charge in [-0.3, -0.25) is 9.59 Å². The largest absolute Gasteiger partial charge is 0.388 e. The molecular formula is C14H18N2O4. The molecule has 20 heavy (non-hydrogen) atoms. The van der Waals surface area contributed by atoms with Crippen LogP contribution in [0.4, 0.5) is 0 Å². The Morgan fingerprint density at radius 1 is 1.25 bits per heavy atom. The quantitative estimate of drug-likeness (QED) is 0.659. The summed E-state index contributed by atoms with van der Waals surface area (Å²) in [7, 11) is 0. The van der Waals surface area contributed by atoms with Crippen LogP contribution in [0.25, 0.3) is 0 Å². The summed E-state index contributed by atoms with van der Waals surface area (Å²) in [4.78, 5) is 24.6. The van der Waals surface area contributed by atoms with Crippen LogP contribution >= 0.6 is 0 Å². The predicted octanol–water partition coefficient (Wildman–Crippen LogP) is -0.963. The van der Waals surface area contributed by atoms with Crippen LogP contribution in [0.3, 0.4) is 0 Å². The summed E-state index contributed by atoms with van der Waals surface area (Å²) in [5, 5.41) is 19.3. The monoisotopic (exact) mass is 278 g/mol. The van der Waals surface area contributed by atoms with Crippen LogP contribution < -0.4 is 5.73 Å². The van der Waals surface area contributed by atoms with Crippen molar-refractivity contribution >= 4 is 11.8 Å². The van der Waals surface area contributed by atoms with Crippen molar-refractivity contribution in [1.82, 2.24) is 4.90 Å². The lowest BCUT2D eigenvalue weighted by atomic mass is 10.1. The lowest BCUT2D eigenvalue weighted by molar-refractivity contribution is -0.139. The number of β-amino-alcohol motifs (C(OH)–C–C–N with tert-alkyl or cyclic N) is 1. The van der Waals surface area contributed by atoms with Gasteiger partial charge in [-0.25, -0.2) is 0 Å². The third-order valence-corrected chi connectivity index (χ3v) is 3.52. The van der Waals surface area contributed by atoms with E-state index in [1.54, 1.807) is 0 Å². The summed E-state index contributed by atoms with van der Waals surface area (Å²) in [6, 6.07) is 8.33. The number of aryl methyl sites for hydroxylation is 1. The Morgan fingerprint density at radius 3 is 2.50 bits per heavy atom. The first-order valence-electron chi connectivity index (χ1n) is 6.49. The van der Waals surface area contributed by atoms with Crippen molar-refractivity contribution in [3.05, 3.63) is 35.9 Å². The zero-order valence-corrected chi connectivity index (χ0v) is 11.0. The van der Waals surface area contributed by atoms with E-state index in [0.717, 1.165) is 5.56 Å². The number of aliphatic hydroxyl groups excluding tert-OH is 2. The van der Waals surface area contributed by atoms with Gasteiger partial charge in [-0.2, -0.15) is 0 Å². The summed E-state index contributed by atoms with van der Waals surface area (Å²) in [6.07, 6.45) is -1.71. The molecular weight excluding hydrogens is 260 g/mol. The fraction of sp³-hybridized carbons (Fsp3) is 0.429. The molecule has 1 aliphatic rings. The number of aliphatic hydroxyl groups is 2. The third-order valence-electron chi connectivity index (χ3n) is 3.52. The Morgan fingerprint density at radius 2 is 1.90 bits per heavy atom. The van der Waals surface area contributed by atoms with E-state index in [2.05, 4.69) is 0 Å². The van der Waals surface area contributed by atoms with Gasteiger partial charge < -0.3 is 20.8 Å². The standard InChI is InChI=1S/C14H18N2O4/c15-14(20)12-13(19)10(17)8-16(12)11(18)7-6-9-4-2-1-3-5-9/h1-5,10,12-13,17,19H,6-8H2,(H2,15,20)/t10-,12?,13+/m0/s1. The molecule has 1 fully saturated rings. The highest BCUT2D eigenvalue weighted by atomic mass is 16.3. The Hall–Kier alpha value is -1.92. The van der Waals surface area contributed by atoms with Crippen LogP contribution in [0.1, 0.15) is 12.0 Å². The van der Waals surface area contributed by atoms with E-state index in [-0.39, 0.29) is 18.9 Å². The highest BCUT2D eigenvalue weighted by Crippen LogP contribution is 2.20. The van der Waals surface area contributed by atoms with Crippen molar-refractivity contribution in [1.29, 1.82) is 0 Å². The second kappa shape index (κ2) is 6.02. The fourth-order valence-electron chi connectivity index (χ4n) is 2.44. The van der Waals surface area contributed by atoms with E-state index in [4.69, 9.17) is 5.73 Å². The van der Waals surface area contributed by atoms with Crippen LogP contribution in [0, 0.1) is 0 Å². The SMILES string of the molecule is NC(=O)C1[C@H](O)[C@@H](O)CN1C(=O)CCc1ccccc1. The minimum atomic E-state index is -1.31. The van der Waals surface area contributed by atoms with Crippen LogP contribution in [-0.4, -0.2) is 51.7 Å². The van der Waals surface area contributed by atoms with Gasteiger partial charge in [0.05, 0.1) is 12.6 Å². The maximum absolute atomic E-state index is 12.1. The van der Waals surface area contributed by atoms with Crippen LogP contribution in [0.5, 0.6) is 0 Å². The molecule has 1 aliphatic heterocycles. The van der Waals surface area contributed by atoms with E-state index in [0.29, 0.717) is 6.42 Å². The summed E-state index contributed by atoms with van der Waals surface area (Å²) >= 11 is 0. The molecule has 1 saturated heterocycles. The zero-order valence-electron chi connectivity index (χ0n) is 11.0. The molecule has 0 radical (unpaired) electrons. The maximum atomic E-state index is 12.1. The molecule has 108 valence electrons. The van der Waals surface area contributed by atoms with Gasteiger partial charge >= 0.3 is 0 Å². The van der Waals surface area contributed by atoms with Crippen LogP contribution in [0.2, 0.25) is 0 Å². The van der Waals surface area contributed by atoms with Crippen molar-refractivity contribution in [2.45, 2.75) is 31.1 Å². The molecule has 6 nitrogen and oxygen atoms in total. The van der Waals surface area contributed by atoms with E-state index in [1.807, 2.05) is 30.3 Å². The number of benzene rings is 1. The topological polar surface area (TPSA) is 104 Å². The average Bonchev–Trinajstić information content (AvgIpc) is 2.73. The van der Waals surface area contributed by atoms with Crippen molar-refractivity contribution in [2.75, 3.05) is 6.54 Å². The number of nitrogens with two attached hydrogens (primary N) is 1. The minimum absolute atomic E-state index is 0.0671. The molecule has 0 bridgehead atoms. The fourth-order valence-corrected chi connectivity index (χ4v) is 2.44. The molecule has 0 aromatic heterocycles. The van der Waals surface area contributed by atoms with Crippen molar-refractivity contribution in [3.63, 3.8) is 0 Å². The third kappa shape index (κ3) is 2.97. The summed E-state index contributed by atoms with van der Waals surface area (Å²) in [5.41, 5.74) is 6.19. The molecule has 2 amide bonds. The van der Waals surface area contributed by atoms with E-state index in [1.165, 1.54) is 4.90 Å². The zero-order chi connectivity index (χ0) is 14.7. The molecule has 0 spiro atoms. The predicted molar refractivity (Wildman–Crippen MR) is 71.5 cm³/mol. The number of likely N-dealkylation sites (tertiary alicyclic amines) is 1. The van der Waals surface area contributed by atoms with Crippen molar-refractivity contribution < 1.29 is 19.8 Å². The van der Waals surface area contributed by atoms with Gasteiger partial charge in [0.15, 0.2) is 0 Å². The first-order valence-corrected chi connectivity index (χ1v) is 6.49. The summed E-state index contributed by atoms with van der Waals surface area (Å²) in [6.45, 7) is -0.0671. The van der Waals surface area contributed by atoms with Crippen LogP contribution in [0.15, 0.2) is 30.3 Å². The van der Waals surface area contributed by atoms with Gasteiger partial charge in [-0.15, -0.1) is 0 Å². The Bertz CT molecular complexity index is 491. The van der Waals surface area contributed by atoms with Gasteiger partial charge in [-0.1, -0.05) is 30.3 Å². The van der Waals surface area contributed by atoms with Gasteiger partial charge in [0.1, 0.15) is 12.1 Å². The van der Waals surface area contributed by atoms with Gasteiger partial charge in [-0.05, 0) is 12.0 Å². The second-order valence-electron chi connectivity index (χ2n) is 4.94. The molecule has 1 heterocycles. The Kier molecular flexibility index (Phi) is 4.36. The highest BCUT2D eigenvalue weighted by molar-refractivity contribution is 5.88. The molecule has 3 atom stereocenters. The highest BCUT2D eigenvalue weighted by Gasteiger charge is 2.45. The molecule has 0 saturated carbocycles. The average molecular weight is 278 g/mol. The lowest BCUT2D eigenvalue weighted by Gasteiger charge is -2.23. The lowest BCUT2D eigenvalue weighted by Crippen LogP contribution is -2.48. The maximum Gasteiger partial charge on any atom is 0.243 e. The Balaban J connectivity index is 1.99. The number of carbonyl (C=O) groups is 2. The Labute approximate surface area is 116 Å². The van der Waals surface area contributed by atoms with Gasteiger partial charge in [0.25, 0.3) is 0 Å². The molecule has 6 heteroatoms. The number of hydrogen-bond donors (Lipinski definition) is 3. The number of amides is 2. The number of nitrogens with zero attached hydrogens (tertiary/aromatic N) is 1. The van der Waals surface area contributed by atoms with Crippen LogP contribution in [-0.2, 0) is 16.0 Å². The molecule has 1 aromatic carbocycles. The number of primary amides is 1. The summed E-state index contributed by atoms with van der Waals surface area (Å²) in [5.74, 6) is -1.10. The van der Waals surface area contributed by atoms with E-state index >= 15 is 0 Å². The molecule has 0 aliphatic carbocycles. The van der Waals surface area contributed by atoms with E-state index in [9.17, 15) is 19.8 Å². The smallest absolute Gasteiger partial charge is 0.243 e. The molecule has 1 unspecified atom stereocenters. The number of hydrogen-bond acceptors (Lipinski definition) is 4. The minimum Gasteiger partial charge on any atom is -0.388 e. The summed E-state index contributed by atoms with van der Waals surface area (Å²) < 4.78 is 0. The van der Waals surface area contributed by atoms with E-state index < -0.39 is 24.2 Å². The number of rotatable bonds is 4. The molecule has 4 N–H and O–H groups in total. The first kappa shape index (κ1) is 14.5. The second-order valence-corrected chi connectivity index (χ2v) is 4.94. The van der Waals surface area contributed by atoms with Crippen molar-refractivity contribution in [2.24, 2.45) is 5.73 Å². The normalized spacial score (nSPS) is 25.7. The first-order chi connectivity index (χ1) is 9.50. The van der Waals surface area contributed by atoms with Gasteiger partial charge in [0.2, 0.25) is 11.8 Å². The van der Waals surface area contributed by atoms with Crippen molar-refractivity contribution in [3.8, 4) is 0 Å².